The summed E-state index contributed by atoms with van der Waals surface area (Å²) in [5, 5.41) is 21.6. The molecule has 2 N–H and O–H groups in total. The number of aromatic nitrogens is 1. The fourth-order valence-electron chi connectivity index (χ4n) is 5.91. The van der Waals surface area contributed by atoms with Gasteiger partial charge in [0, 0.05) is 12.0 Å². The molecular weight excluding hydrogens is 362 g/mol. The third kappa shape index (κ3) is 4.19. The topological polar surface area (TPSA) is 62.6 Å². The summed E-state index contributed by atoms with van der Waals surface area (Å²) in [6, 6.07) is 10.0. The molecular formula is C25H33NO3. The second-order valence-electron chi connectivity index (χ2n) is 8.94. The van der Waals surface area contributed by atoms with Crippen molar-refractivity contribution in [2.24, 2.45) is 29.6 Å². The minimum Gasteiger partial charge on any atom is -0.497 e. The second kappa shape index (κ2) is 8.85. The number of benzene rings is 1. The number of methoxy groups -OCH3 is 1. The van der Waals surface area contributed by atoms with Crippen molar-refractivity contribution in [2.45, 2.75) is 45.1 Å². The van der Waals surface area contributed by atoms with Gasteiger partial charge in [-0.3, -0.25) is 0 Å². The molecule has 156 valence electrons. The Balaban J connectivity index is 1.63. The molecule has 2 fully saturated rings. The van der Waals surface area contributed by atoms with Crippen LogP contribution in [0.25, 0.3) is 17.0 Å². The highest BCUT2D eigenvalue weighted by Crippen LogP contribution is 2.50. The summed E-state index contributed by atoms with van der Waals surface area (Å²) in [6.45, 7) is 2.05. The zero-order valence-corrected chi connectivity index (χ0v) is 17.5. The number of aliphatic hydroxyl groups excluding tert-OH is 2. The second-order valence-corrected chi connectivity index (χ2v) is 8.94. The molecule has 1 aromatic heterocycles. The van der Waals surface area contributed by atoms with Crippen LogP contribution in [0.15, 0.2) is 36.4 Å². The van der Waals surface area contributed by atoms with Gasteiger partial charge in [-0.25, -0.2) is 4.98 Å². The van der Waals surface area contributed by atoms with E-state index in [1.807, 2.05) is 31.2 Å². The average molecular weight is 396 g/mol. The molecule has 0 amide bonds. The summed E-state index contributed by atoms with van der Waals surface area (Å²) < 4.78 is 5.30. The number of pyridine rings is 1. The molecule has 6 atom stereocenters. The number of aliphatic hydroxyl groups is 2. The molecule has 2 aliphatic rings. The third-order valence-corrected chi connectivity index (χ3v) is 7.26. The van der Waals surface area contributed by atoms with E-state index in [4.69, 9.17) is 9.72 Å². The Hall–Kier alpha value is -1.91. The summed E-state index contributed by atoms with van der Waals surface area (Å²) in [7, 11) is 1.67. The first-order chi connectivity index (χ1) is 14.1. The molecule has 2 saturated carbocycles. The normalized spacial score (nSPS) is 31.0. The first kappa shape index (κ1) is 20.4. The van der Waals surface area contributed by atoms with Crippen molar-refractivity contribution < 1.29 is 14.9 Å². The number of ether oxygens (including phenoxy) is 1. The molecule has 0 saturated heterocycles. The van der Waals surface area contributed by atoms with Gasteiger partial charge in [-0.15, -0.1) is 0 Å². The van der Waals surface area contributed by atoms with Crippen LogP contribution in [-0.4, -0.2) is 35.0 Å². The van der Waals surface area contributed by atoms with Crippen LogP contribution >= 0.6 is 0 Å². The number of nitrogens with zero attached hydrogens (tertiary/aromatic N) is 1. The zero-order chi connectivity index (χ0) is 20.4. The average Bonchev–Trinajstić information content (AvgIpc) is 2.75. The number of hydrogen-bond acceptors (Lipinski definition) is 4. The fraction of sp³-hybridized carbons (Fsp3) is 0.560. The van der Waals surface area contributed by atoms with E-state index in [1.165, 1.54) is 25.7 Å². The first-order valence-electron chi connectivity index (χ1n) is 11.0. The molecule has 29 heavy (non-hydrogen) atoms. The molecule has 4 heteroatoms. The van der Waals surface area contributed by atoms with E-state index in [0.717, 1.165) is 28.8 Å². The summed E-state index contributed by atoms with van der Waals surface area (Å²) in [5.41, 5.74) is 1.89. The number of fused-ring (bicyclic) bond motifs is 2. The van der Waals surface area contributed by atoms with E-state index in [0.29, 0.717) is 17.8 Å². The Morgan fingerprint density at radius 3 is 2.79 bits per heavy atom. The lowest BCUT2D eigenvalue weighted by Gasteiger charge is -2.49. The minimum absolute atomic E-state index is 0.111. The minimum atomic E-state index is -0.415. The molecule has 4 nitrogen and oxygen atoms in total. The van der Waals surface area contributed by atoms with Crippen molar-refractivity contribution in [2.75, 3.05) is 13.7 Å². The summed E-state index contributed by atoms with van der Waals surface area (Å²) in [6.07, 6.45) is 10.1. The van der Waals surface area contributed by atoms with Gasteiger partial charge in [0.2, 0.25) is 0 Å². The summed E-state index contributed by atoms with van der Waals surface area (Å²) in [5.74, 6) is 2.69. The van der Waals surface area contributed by atoms with Crippen LogP contribution in [0.2, 0.25) is 0 Å². The molecule has 1 heterocycles. The molecule has 4 unspecified atom stereocenters. The summed E-state index contributed by atoms with van der Waals surface area (Å²) in [4.78, 5) is 4.79. The van der Waals surface area contributed by atoms with E-state index in [2.05, 4.69) is 18.2 Å². The molecule has 0 spiro atoms. The van der Waals surface area contributed by atoms with Crippen molar-refractivity contribution in [1.82, 2.24) is 4.98 Å². The SMILES string of the molecule is COc1ccc2nc(/C=C/C3C([C@H](C)O)C(CO)CC4CCCC[C@@H]43)ccc2c1. The van der Waals surface area contributed by atoms with Crippen LogP contribution in [0.1, 0.15) is 44.7 Å². The monoisotopic (exact) mass is 395 g/mol. The molecule has 1 aromatic carbocycles. The maximum absolute atomic E-state index is 10.6. The smallest absolute Gasteiger partial charge is 0.119 e. The highest BCUT2D eigenvalue weighted by Gasteiger charge is 2.45. The fourth-order valence-corrected chi connectivity index (χ4v) is 5.91. The van der Waals surface area contributed by atoms with E-state index < -0.39 is 6.10 Å². The third-order valence-electron chi connectivity index (χ3n) is 7.26. The molecule has 4 rings (SSSR count). The predicted octanol–water partition coefficient (Wildman–Crippen LogP) is 4.69. The van der Waals surface area contributed by atoms with Gasteiger partial charge in [0.15, 0.2) is 0 Å². The van der Waals surface area contributed by atoms with Gasteiger partial charge in [0.1, 0.15) is 5.75 Å². The zero-order valence-electron chi connectivity index (χ0n) is 17.5. The Bertz CT molecular complexity index is 862. The lowest BCUT2D eigenvalue weighted by Crippen LogP contribution is -2.46. The van der Waals surface area contributed by atoms with E-state index in [1.54, 1.807) is 7.11 Å². The highest BCUT2D eigenvalue weighted by atomic mass is 16.5. The van der Waals surface area contributed by atoms with Crippen LogP contribution in [0, 0.1) is 29.6 Å². The lowest BCUT2D eigenvalue weighted by molar-refractivity contribution is -0.0470. The van der Waals surface area contributed by atoms with Crippen LogP contribution in [0.5, 0.6) is 5.75 Å². The van der Waals surface area contributed by atoms with Crippen LogP contribution < -0.4 is 4.74 Å². The number of rotatable bonds is 5. The van der Waals surface area contributed by atoms with Gasteiger partial charge in [-0.1, -0.05) is 31.4 Å². The Kier molecular flexibility index (Phi) is 6.21. The van der Waals surface area contributed by atoms with Gasteiger partial charge in [0.25, 0.3) is 0 Å². The summed E-state index contributed by atoms with van der Waals surface area (Å²) >= 11 is 0. The van der Waals surface area contributed by atoms with Crippen molar-refractivity contribution in [3.05, 3.63) is 42.1 Å². The van der Waals surface area contributed by atoms with E-state index >= 15 is 0 Å². The van der Waals surface area contributed by atoms with Crippen molar-refractivity contribution in [3.63, 3.8) is 0 Å². The number of allylic oxidation sites excluding steroid dienone is 1. The molecule has 0 aliphatic heterocycles. The van der Waals surface area contributed by atoms with Gasteiger partial charge in [-0.05, 0) is 79.7 Å². The van der Waals surface area contributed by atoms with Gasteiger partial charge < -0.3 is 14.9 Å². The standard InChI is InChI=1S/C25H33NO3/c1-16(28)25-19(15-27)13-17-5-3-4-6-22(17)23(25)11-9-20-8-7-18-14-21(29-2)10-12-24(18)26-20/h7-12,14,16-17,19,22-23,25,27-28H,3-6,13,15H2,1-2H3/b11-9+/t16-,17?,19?,22-,23?,25?/m0/s1. The molecule has 2 aromatic rings. The van der Waals surface area contributed by atoms with Gasteiger partial charge >= 0.3 is 0 Å². The van der Waals surface area contributed by atoms with Gasteiger partial charge in [-0.2, -0.15) is 0 Å². The maximum Gasteiger partial charge on any atom is 0.119 e. The highest BCUT2D eigenvalue weighted by molar-refractivity contribution is 5.81. The Morgan fingerprint density at radius 2 is 2.03 bits per heavy atom. The lowest BCUT2D eigenvalue weighted by atomic mass is 9.57. The largest absolute Gasteiger partial charge is 0.497 e. The Labute approximate surface area is 173 Å². The molecule has 0 bridgehead atoms. The van der Waals surface area contributed by atoms with Crippen molar-refractivity contribution in [3.8, 4) is 5.75 Å². The van der Waals surface area contributed by atoms with E-state index in [-0.39, 0.29) is 18.4 Å². The van der Waals surface area contributed by atoms with Crippen LogP contribution in [-0.2, 0) is 0 Å². The quantitative estimate of drug-likeness (QED) is 0.771. The first-order valence-corrected chi connectivity index (χ1v) is 11.0. The molecule has 2 aliphatic carbocycles. The van der Waals surface area contributed by atoms with E-state index in [9.17, 15) is 10.2 Å². The predicted molar refractivity (Wildman–Crippen MR) is 117 cm³/mol. The van der Waals surface area contributed by atoms with Crippen LogP contribution in [0.3, 0.4) is 0 Å². The number of hydrogen-bond donors (Lipinski definition) is 2. The van der Waals surface area contributed by atoms with Crippen molar-refractivity contribution in [1.29, 1.82) is 0 Å². The van der Waals surface area contributed by atoms with Crippen molar-refractivity contribution >= 4 is 17.0 Å². The molecule has 0 radical (unpaired) electrons. The van der Waals surface area contributed by atoms with Gasteiger partial charge in [0.05, 0.1) is 24.4 Å². The maximum atomic E-state index is 10.6. The van der Waals surface area contributed by atoms with Crippen LogP contribution in [0.4, 0.5) is 0 Å². The Morgan fingerprint density at radius 1 is 1.21 bits per heavy atom.